The number of rotatable bonds is 3. The third-order valence-corrected chi connectivity index (χ3v) is 7.57. The molecule has 1 fully saturated rings. The first-order chi connectivity index (χ1) is 11.2. The summed E-state index contributed by atoms with van der Waals surface area (Å²) >= 11 is 0. The van der Waals surface area contributed by atoms with Crippen molar-refractivity contribution in [3.63, 3.8) is 0 Å². The van der Waals surface area contributed by atoms with Crippen molar-refractivity contribution >= 4 is 21.4 Å². The number of hydrogen-bond donors (Lipinski definition) is 1. The highest BCUT2D eigenvalue weighted by atomic mass is 32.2. The number of hydrogen-bond acceptors (Lipinski definition) is 4. The van der Waals surface area contributed by atoms with Gasteiger partial charge in [-0.25, -0.2) is 8.42 Å². The number of nitrogens with zero attached hydrogens (tertiary/aromatic N) is 1. The molecule has 2 N–H and O–H groups in total. The van der Waals surface area contributed by atoms with Gasteiger partial charge in [0.15, 0.2) is 9.84 Å². The molecule has 6 heteroatoms. The Kier molecular flexibility index (Phi) is 4.24. The molecule has 1 aromatic rings. The fraction of sp³-hybridized carbons (Fsp3) is 0.611. The number of amides is 1. The van der Waals surface area contributed by atoms with Gasteiger partial charge in [-0.05, 0) is 62.3 Å². The van der Waals surface area contributed by atoms with E-state index in [0.29, 0.717) is 5.92 Å². The van der Waals surface area contributed by atoms with Crippen LogP contribution in [-0.4, -0.2) is 25.6 Å². The van der Waals surface area contributed by atoms with Gasteiger partial charge < -0.3 is 10.6 Å². The van der Waals surface area contributed by atoms with Crippen LogP contribution in [0.25, 0.3) is 0 Å². The van der Waals surface area contributed by atoms with Crippen molar-refractivity contribution in [2.75, 3.05) is 4.90 Å². The number of carbonyl (C=O) groups excluding carboxylic acids is 1. The molecule has 0 bridgehead atoms. The summed E-state index contributed by atoms with van der Waals surface area (Å²) in [6.45, 7) is 6.97. The van der Waals surface area contributed by atoms with Gasteiger partial charge in [0.05, 0.1) is 10.1 Å². The van der Waals surface area contributed by atoms with Crippen LogP contribution in [0.15, 0.2) is 23.1 Å². The van der Waals surface area contributed by atoms with Crippen LogP contribution in [0, 0.1) is 11.8 Å². The monoisotopic (exact) mass is 350 g/mol. The van der Waals surface area contributed by atoms with Crippen molar-refractivity contribution in [3.8, 4) is 0 Å². The van der Waals surface area contributed by atoms with Gasteiger partial charge in [0.2, 0.25) is 5.91 Å². The maximum absolute atomic E-state index is 12.5. The summed E-state index contributed by atoms with van der Waals surface area (Å²) in [5.41, 5.74) is 8.00. The number of nitrogens with two attached hydrogens (primary N) is 1. The highest BCUT2D eigenvalue weighted by molar-refractivity contribution is 7.92. The Morgan fingerprint density at radius 3 is 2.42 bits per heavy atom. The first-order valence-corrected chi connectivity index (χ1v) is 10.1. The van der Waals surface area contributed by atoms with Crippen LogP contribution >= 0.6 is 0 Å². The third-order valence-electron chi connectivity index (χ3n) is 5.41. The normalized spacial score (nSPS) is 27.2. The second-order valence-corrected chi connectivity index (χ2v) is 9.92. The van der Waals surface area contributed by atoms with E-state index < -0.39 is 15.1 Å². The lowest BCUT2D eigenvalue weighted by molar-refractivity contribution is -0.117. The van der Waals surface area contributed by atoms with E-state index in [1.165, 1.54) is 0 Å². The quantitative estimate of drug-likeness (QED) is 0.909. The van der Waals surface area contributed by atoms with Crippen LogP contribution in [0.3, 0.4) is 0 Å². The number of anilines is 1. The summed E-state index contributed by atoms with van der Waals surface area (Å²) in [5.74, 6) is 0.597. The average Bonchev–Trinajstić information content (AvgIpc) is 3.34. The summed E-state index contributed by atoms with van der Waals surface area (Å²) in [5, 5.41) is -0.490. The lowest BCUT2D eigenvalue weighted by Crippen LogP contribution is -2.51. The summed E-state index contributed by atoms with van der Waals surface area (Å²) in [6, 6.07) is 4.88. The fourth-order valence-electron chi connectivity index (χ4n) is 3.82. The molecule has 0 radical (unpaired) electrons. The van der Waals surface area contributed by atoms with Crippen LogP contribution in [0.2, 0.25) is 0 Å². The lowest BCUT2D eigenvalue weighted by atomic mass is 9.80. The van der Waals surface area contributed by atoms with Gasteiger partial charge in [-0.15, -0.1) is 0 Å². The molecular weight excluding hydrogens is 324 g/mol. The van der Waals surface area contributed by atoms with Crippen molar-refractivity contribution < 1.29 is 13.2 Å². The predicted octanol–water partition coefficient (Wildman–Crippen LogP) is 2.65. The van der Waals surface area contributed by atoms with Crippen LogP contribution in [0.5, 0.6) is 0 Å². The molecule has 3 rings (SSSR count). The molecule has 0 spiro atoms. The van der Waals surface area contributed by atoms with E-state index in [1.54, 1.807) is 39.0 Å². The van der Waals surface area contributed by atoms with Crippen LogP contribution < -0.4 is 10.6 Å². The highest BCUT2D eigenvalue weighted by Gasteiger charge is 2.46. The average molecular weight is 350 g/mol. The van der Waals surface area contributed by atoms with E-state index >= 15 is 0 Å². The number of benzene rings is 1. The van der Waals surface area contributed by atoms with Crippen molar-refractivity contribution in [2.45, 2.75) is 62.8 Å². The van der Waals surface area contributed by atoms with Crippen LogP contribution in [0.1, 0.15) is 52.1 Å². The highest BCUT2D eigenvalue weighted by Crippen LogP contribution is 2.48. The second kappa shape index (κ2) is 5.85. The first-order valence-electron chi connectivity index (χ1n) is 8.59. The Morgan fingerprint density at radius 1 is 1.29 bits per heavy atom. The summed E-state index contributed by atoms with van der Waals surface area (Å²) < 4.78 is 25.0. The zero-order valence-electron chi connectivity index (χ0n) is 14.7. The van der Waals surface area contributed by atoms with Crippen molar-refractivity contribution in [2.24, 2.45) is 17.6 Å². The Bertz CT molecular complexity index is 768. The molecule has 1 aromatic carbocycles. The summed E-state index contributed by atoms with van der Waals surface area (Å²) in [4.78, 5) is 14.4. The molecule has 132 valence electrons. The fourth-order valence-corrected chi connectivity index (χ4v) is 4.91. The molecule has 0 aromatic heterocycles. The van der Waals surface area contributed by atoms with Gasteiger partial charge in [-0.2, -0.15) is 0 Å². The molecular formula is C18H26N2O3S. The third kappa shape index (κ3) is 2.65. The molecule has 5 nitrogen and oxygen atoms in total. The minimum atomic E-state index is -3.37. The van der Waals surface area contributed by atoms with Gasteiger partial charge >= 0.3 is 0 Å². The largest absolute Gasteiger partial charge is 0.324 e. The maximum Gasteiger partial charge on any atom is 0.224 e. The van der Waals surface area contributed by atoms with E-state index in [4.69, 9.17) is 5.73 Å². The van der Waals surface area contributed by atoms with E-state index in [0.717, 1.165) is 24.1 Å². The van der Waals surface area contributed by atoms with Gasteiger partial charge in [0, 0.05) is 24.7 Å². The van der Waals surface area contributed by atoms with Crippen molar-refractivity contribution in [1.82, 2.24) is 0 Å². The molecule has 0 saturated heterocycles. The molecule has 1 unspecified atom stereocenters. The zero-order valence-corrected chi connectivity index (χ0v) is 15.5. The molecule has 1 aliphatic carbocycles. The molecule has 1 heterocycles. The van der Waals surface area contributed by atoms with Crippen LogP contribution in [-0.2, 0) is 14.6 Å². The van der Waals surface area contributed by atoms with Gasteiger partial charge in [-0.1, -0.05) is 6.92 Å². The minimum absolute atomic E-state index is 0.00799. The Morgan fingerprint density at radius 2 is 1.92 bits per heavy atom. The van der Waals surface area contributed by atoms with Crippen molar-refractivity contribution in [1.29, 1.82) is 0 Å². The SMILES string of the molecule is CC(=O)N1c2ccc(S(=O)(=O)C(C)C)cc2[C@H](N)[C@@H](C)C1C1CC1. The smallest absolute Gasteiger partial charge is 0.224 e. The van der Waals surface area contributed by atoms with Gasteiger partial charge in [0.1, 0.15) is 0 Å². The molecule has 1 aliphatic heterocycles. The maximum atomic E-state index is 12.5. The first kappa shape index (κ1) is 17.4. The Balaban J connectivity index is 2.14. The second-order valence-electron chi connectivity index (χ2n) is 7.42. The number of sulfone groups is 1. The Hall–Kier alpha value is -1.40. The predicted molar refractivity (Wildman–Crippen MR) is 94.5 cm³/mol. The molecule has 2 aliphatic rings. The van der Waals surface area contributed by atoms with E-state index in [2.05, 4.69) is 6.92 Å². The number of carbonyl (C=O) groups is 1. The zero-order chi connectivity index (χ0) is 17.8. The minimum Gasteiger partial charge on any atom is -0.324 e. The molecule has 24 heavy (non-hydrogen) atoms. The lowest BCUT2D eigenvalue weighted by Gasteiger charge is -2.44. The molecule has 1 saturated carbocycles. The summed E-state index contributed by atoms with van der Waals surface area (Å²) in [7, 11) is -3.37. The van der Waals surface area contributed by atoms with E-state index in [-0.39, 0.29) is 28.8 Å². The standard InChI is InChI=1S/C18H26N2O3S/c1-10(2)24(22,23)14-7-8-16-15(9-14)17(19)11(3)18(13-5-6-13)20(16)12(4)21/h7-11,13,17-18H,5-6,19H2,1-4H3/t11-,17-,18?/m1/s1. The van der Waals surface area contributed by atoms with Gasteiger partial charge in [0.25, 0.3) is 0 Å². The van der Waals surface area contributed by atoms with Crippen molar-refractivity contribution in [3.05, 3.63) is 23.8 Å². The van der Waals surface area contributed by atoms with Gasteiger partial charge in [-0.3, -0.25) is 4.79 Å². The molecule has 3 atom stereocenters. The van der Waals surface area contributed by atoms with Crippen LogP contribution in [0.4, 0.5) is 5.69 Å². The Labute approximate surface area is 144 Å². The van der Waals surface area contributed by atoms with E-state index in [9.17, 15) is 13.2 Å². The van der Waals surface area contributed by atoms with E-state index in [1.807, 2.05) is 4.90 Å². The summed E-state index contributed by atoms with van der Waals surface area (Å²) in [6.07, 6.45) is 2.25. The topological polar surface area (TPSA) is 80.5 Å². The number of fused-ring (bicyclic) bond motifs is 1. The molecule has 1 amide bonds.